The second-order valence-electron chi connectivity index (χ2n) is 4.64. The van der Waals surface area contributed by atoms with Crippen LogP contribution in [0.15, 0.2) is 18.2 Å². The van der Waals surface area contributed by atoms with Gasteiger partial charge in [0.1, 0.15) is 5.82 Å². The summed E-state index contributed by atoms with van der Waals surface area (Å²) < 4.78 is 50.9. The van der Waals surface area contributed by atoms with Crippen molar-refractivity contribution in [2.45, 2.75) is 30.5 Å². The summed E-state index contributed by atoms with van der Waals surface area (Å²) in [7, 11) is 0. The summed E-state index contributed by atoms with van der Waals surface area (Å²) in [5, 5.41) is 18.3. The topological polar surface area (TPSA) is 57.5 Å². The lowest BCUT2D eigenvalue weighted by atomic mass is 9.62. The fraction of sp³-hybridized carbons (Fsp3) is 0.417. The number of aliphatic carboxylic acids is 1. The van der Waals surface area contributed by atoms with Crippen LogP contribution in [0.4, 0.5) is 17.6 Å². The maximum atomic E-state index is 13.1. The van der Waals surface area contributed by atoms with Gasteiger partial charge in [-0.3, -0.25) is 4.79 Å². The highest BCUT2D eigenvalue weighted by Gasteiger charge is 2.52. The van der Waals surface area contributed by atoms with Gasteiger partial charge in [0.2, 0.25) is 0 Å². The Hall–Kier alpha value is -1.63. The molecule has 0 bridgehead atoms. The molecule has 0 amide bonds. The van der Waals surface area contributed by atoms with Gasteiger partial charge in [0.25, 0.3) is 0 Å². The molecule has 0 unspecified atom stereocenters. The lowest BCUT2D eigenvalue weighted by Gasteiger charge is -2.42. The minimum Gasteiger partial charge on any atom is -0.481 e. The molecular formula is C12H10F4O3. The Labute approximate surface area is 105 Å². The van der Waals surface area contributed by atoms with Crippen molar-refractivity contribution in [3.05, 3.63) is 35.1 Å². The molecular weight excluding hydrogens is 268 g/mol. The summed E-state index contributed by atoms with van der Waals surface area (Å²) in [6.07, 6.45) is -6.10. The molecule has 0 saturated heterocycles. The van der Waals surface area contributed by atoms with Crippen LogP contribution in [0.2, 0.25) is 0 Å². The van der Waals surface area contributed by atoms with E-state index in [4.69, 9.17) is 5.11 Å². The number of aliphatic hydroxyl groups excluding tert-OH is 1. The first-order valence-electron chi connectivity index (χ1n) is 5.45. The van der Waals surface area contributed by atoms with Gasteiger partial charge >= 0.3 is 12.1 Å². The summed E-state index contributed by atoms with van der Waals surface area (Å²) in [5.74, 6) is -2.77. The minimum atomic E-state index is -4.89. The lowest BCUT2D eigenvalue weighted by molar-refractivity contribution is -0.153. The molecule has 1 fully saturated rings. The number of carbonyl (C=O) groups is 1. The Bertz CT molecular complexity index is 518. The number of hydrogen-bond donors (Lipinski definition) is 2. The molecule has 7 heteroatoms. The van der Waals surface area contributed by atoms with Crippen LogP contribution in [0.1, 0.15) is 24.0 Å². The molecule has 0 aromatic heterocycles. The molecule has 1 aliphatic rings. The number of halogens is 4. The smallest absolute Gasteiger partial charge is 0.419 e. The van der Waals surface area contributed by atoms with E-state index in [1.54, 1.807) is 0 Å². The zero-order chi connectivity index (χ0) is 14.4. The Morgan fingerprint density at radius 3 is 2.32 bits per heavy atom. The Balaban J connectivity index is 2.49. The first-order chi connectivity index (χ1) is 8.67. The maximum Gasteiger partial charge on any atom is 0.419 e. The van der Waals surface area contributed by atoms with Gasteiger partial charge in [0.05, 0.1) is 17.1 Å². The van der Waals surface area contributed by atoms with Crippen LogP contribution >= 0.6 is 0 Å². The van der Waals surface area contributed by atoms with Crippen molar-refractivity contribution < 1.29 is 32.6 Å². The fourth-order valence-electron chi connectivity index (χ4n) is 2.32. The van der Waals surface area contributed by atoms with E-state index in [2.05, 4.69) is 0 Å². The molecule has 2 N–H and O–H groups in total. The van der Waals surface area contributed by atoms with Crippen LogP contribution in [-0.4, -0.2) is 22.3 Å². The van der Waals surface area contributed by atoms with E-state index in [0.29, 0.717) is 12.1 Å². The Morgan fingerprint density at radius 2 is 1.89 bits per heavy atom. The van der Waals surface area contributed by atoms with Crippen LogP contribution in [0.5, 0.6) is 0 Å². The largest absolute Gasteiger partial charge is 0.481 e. The third kappa shape index (κ3) is 2.18. The predicted octanol–water partition coefficient (Wildman–Crippen LogP) is 2.32. The van der Waals surface area contributed by atoms with Crippen LogP contribution in [-0.2, 0) is 16.4 Å². The average molecular weight is 278 g/mol. The highest BCUT2D eigenvalue weighted by atomic mass is 19.4. The number of carboxylic acid groups (broad SMARTS) is 1. The van der Waals surface area contributed by atoms with Crippen molar-refractivity contribution in [3.63, 3.8) is 0 Å². The van der Waals surface area contributed by atoms with E-state index in [0.717, 1.165) is 6.07 Å². The average Bonchev–Trinajstić information content (AvgIpc) is 2.23. The molecule has 0 spiro atoms. The van der Waals surface area contributed by atoms with Crippen molar-refractivity contribution in [2.24, 2.45) is 0 Å². The van der Waals surface area contributed by atoms with E-state index in [9.17, 15) is 27.5 Å². The van der Waals surface area contributed by atoms with Crippen molar-refractivity contribution in [1.29, 1.82) is 0 Å². The third-order valence-electron chi connectivity index (χ3n) is 3.40. The summed E-state index contributed by atoms with van der Waals surface area (Å²) in [6, 6.07) is 2.13. The van der Waals surface area contributed by atoms with Crippen LogP contribution in [0.3, 0.4) is 0 Å². The van der Waals surface area contributed by atoms with Gasteiger partial charge in [-0.25, -0.2) is 4.39 Å². The number of aliphatic hydroxyl groups is 1. The highest BCUT2D eigenvalue weighted by Crippen LogP contribution is 2.45. The van der Waals surface area contributed by atoms with Gasteiger partial charge in [0.15, 0.2) is 0 Å². The van der Waals surface area contributed by atoms with Crippen molar-refractivity contribution >= 4 is 5.97 Å². The van der Waals surface area contributed by atoms with E-state index in [1.165, 1.54) is 0 Å². The first kappa shape index (κ1) is 13.8. The van der Waals surface area contributed by atoms with Gasteiger partial charge in [-0.2, -0.15) is 13.2 Å². The third-order valence-corrected chi connectivity index (χ3v) is 3.40. The first-order valence-corrected chi connectivity index (χ1v) is 5.45. The quantitative estimate of drug-likeness (QED) is 0.816. The normalized spacial score (nSPS) is 26.9. The van der Waals surface area contributed by atoms with Gasteiger partial charge < -0.3 is 10.2 Å². The number of hydrogen-bond acceptors (Lipinski definition) is 2. The molecule has 1 aromatic rings. The van der Waals surface area contributed by atoms with E-state index in [-0.39, 0.29) is 18.4 Å². The fourth-order valence-corrected chi connectivity index (χ4v) is 2.32. The van der Waals surface area contributed by atoms with E-state index >= 15 is 0 Å². The summed E-state index contributed by atoms with van der Waals surface area (Å²) >= 11 is 0. The lowest BCUT2D eigenvalue weighted by Crippen LogP contribution is -2.50. The molecule has 0 atom stereocenters. The van der Waals surface area contributed by atoms with Crippen LogP contribution in [0.25, 0.3) is 0 Å². The van der Waals surface area contributed by atoms with Crippen molar-refractivity contribution in [3.8, 4) is 0 Å². The number of alkyl halides is 3. The van der Waals surface area contributed by atoms with Crippen molar-refractivity contribution in [2.75, 3.05) is 0 Å². The predicted molar refractivity (Wildman–Crippen MR) is 56.0 cm³/mol. The van der Waals surface area contributed by atoms with Crippen LogP contribution in [0, 0.1) is 5.82 Å². The van der Waals surface area contributed by atoms with Gasteiger partial charge in [-0.15, -0.1) is 0 Å². The van der Waals surface area contributed by atoms with Gasteiger partial charge in [0, 0.05) is 0 Å². The molecule has 104 valence electrons. The molecule has 1 aromatic carbocycles. The monoisotopic (exact) mass is 278 g/mol. The zero-order valence-corrected chi connectivity index (χ0v) is 9.54. The van der Waals surface area contributed by atoms with Crippen molar-refractivity contribution in [1.82, 2.24) is 0 Å². The van der Waals surface area contributed by atoms with Gasteiger partial charge in [-0.05, 0) is 30.5 Å². The van der Waals surface area contributed by atoms with E-state index < -0.39 is 35.0 Å². The summed E-state index contributed by atoms with van der Waals surface area (Å²) in [5.41, 5.74) is -3.20. The summed E-state index contributed by atoms with van der Waals surface area (Å²) in [4.78, 5) is 11.2. The standard InChI is InChI=1S/C12H10F4O3/c13-9-2-1-6(3-8(9)12(14,15)16)11(10(18)19)4-7(17)5-11/h1-3,7,17H,4-5H2,(H,18,19). The molecule has 19 heavy (non-hydrogen) atoms. The number of rotatable bonds is 2. The second kappa shape index (κ2) is 4.19. The number of benzene rings is 1. The zero-order valence-electron chi connectivity index (χ0n) is 9.54. The van der Waals surface area contributed by atoms with Crippen LogP contribution < -0.4 is 0 Å². The maximum absolute atomic E-state index is 13.1. The second-order valence-corrected chi connectivity index (χ2v) is 4.64. The molecule has 1 saturated carbocycles. The molecule has 0 heterocycles. The highest BCUT2D eigenvalue weighted by molar-refractivity contribution is 5.83. The molecule has 3 nitrogen and oxygen atoms in total. The summed E-state index contributed by atoms with van der Waals surface area (Å²) in [6.45, 7) is 0. The molecule has 2 rings (SSSR count). The SMILES string of the molecule is O=C(O)C1(c2ccc(F)c(C(F)(F)F)c2)CC(O)C1. The number of carboxylic acids is 1. The Morgan fingerprint density at radius 1 is 1.32 bits per heavy atom. The van der Waals surface area contributed by atoms with E-state index in [1.807, 2.05) is 0 Å². The molecule has 0 aliphatic heterocycles. The Kier molecular flexibility index (Phi) is 3.04. The van der Waals surface area contributed by atoms with Gasteiger partial charge in [-0.1, -0.05) is 6.07 Å². The minimum absolute atomic E-state index is 0.140. The molecule has 0 radical (unpaired) electrons. The molecule has 1 aliphatic carbocycles.